The number of anilines is 1. The van der Waals surface area contributed by atoms with Gasteiger partial charge in [0.05, 0.1) is 17.7 Å². The Morgan fingerprint density at radius 1 is 0.951 bits per heavy atom. The molecule has 0 aliphatic carbocycles. The zero-order valence-electron chi connectivity index (χ0n) is 25.0. The molecule has 0 aliphatic rings. The van der Waals surface area contributed by atoms with Crippen LogP contribution < -0.4 is 14.4 Å². The summed E-state index contributed by atoms with van der Waals surface area (Å²) in [6.45, 7) is 10.8. The summed E-state index contributed by atoms with van der Waals surface area (Å²) in [5.74, 6) is -0.123. The minimum absolute atomic E-state index is 0.0768. The monoisotopic (exact) mass is 579 g/mol. The third-order valence-corrected chi connectivity index (χ3v) is 8.41. The van der Waals surface area contributed by atoms with Gasteiger partial charge in [0.15, 0.2) is 0 Å². The van der Waals surface area contributed by atoms with Gasteiger partial charge in [-0.25, -0.2) is 8.42 Å². The van der Waals surface area contributed by atoms with Crippen LogP contribution in [0.1, 0.15) is 50.8 Å². The van der Waals surface area contributed by atoms with Crippen molar-refractivity contribution in [2.75, 3.05) is 18.0 Å². The lowest BCUT2D eigenvalue weighted by atomic mass is 10.1. The Balaban J connectivity index is 2.10. The van der Waals surface area contributed by atoms with Gasteiger partial charge in [-0.3, -0.25) is 13.9 Å². The average molecular weight is 580 g/mol. The lowest BCUT2D eigenvalue weighted by Crippen LogP contribution is -2.55. The van der Waals surface area contributed by atoms with Crippen LogP contribution in [0, 0.1) is 13.8 Å². The number of benzene rings is 3. The van der Waals surface area contributed by atoms with Crippen LogP contribution in [-0.2, 0) is 26.2 Å². The number of carbonyl (C=O) groups excluding carboxylic acids is 2. The van der Waals surface area contributed by atoms with E-state index < -0.39 is 34.1 Å². The highest BCUT2D eigenvalue weighted by molar-refractivity contribution is 7.92. The van der Waals surface area contributed by atoms with Crippen LogP contribution in [0.5, 0.6) is 5.75 Å². The minimum Gasteiger partial charge on any atom is -0.497 e. The van der Waals surface area contributed by atoms with Gasteiger partial charge in [-0.05, 0) is 88.1 Å². The van der Waals surface area contributed by atoms with Gasteiger partial charge in [-0.1, -0.05) is 49.4 Å². The molecular formula is C32H41N3O5S. The summed E-state index contributed by atoms with van der Waals surface area (Å²) in [5.41, 5.74) is 2.25. The molecule has 41 heavy (non-hydrogen) atoms. The molecule has 0 aliphatic heterocycles. The number of amides is 2. The van der Waals surface area contributed by atoms with E-state index in [0.717, 1.165) is 15.4 Å². The quantitative estimate of drug-likeness (QED) is 0.336. The molecule has 0 unspecified atom stereocenters. The van der Waals surface area contributed by atoms with E-state index in [9.17, 15) is 18.0 Å². The highest BCUT2D eigenvalue weighted by atomic mass is 32.2. The average Bonchev–Trinajstić information content (AvgIpc) is 2.92. The summed E-state index contributed by atoms with van der Waals surface area (Å²) in [6, 6.07) is 20.0. The van der Waals surface area contributed by atoms with Gasteiger partial charge in [-0.15, -0.1) is 0 Å². The highest BCUT2D eigenvalue weighted by Gasteiger charge is 2.35. The molecule has 3 rings (SSSR count). The van der Waals surface area contributed by atoms with Crippen LogP contribution in [-0.4, -0.2) is 50.4 Å². The third kappa shape index (κ3) is 8.10. The van der Waals surface area contributed by atoms with Crippen LogP contribution in [0.25, 0.3) is 0 Å². The number of carbonyl (C=O) groups is 2. The zero-order valence-corrected chi connectivity index (χ0v) is 25.8. The van der Waals surface area contributed by atoms with E-state index in [1.54, 1.807) is 43.5 Å². The van der Waals surface area contributed by atoms with Crippen molar-refractivity contribution < 1.29 is 22.7 Å². The molecule has 220 valence electrons. The fraction of sp³-hybridized carbons (Fsp3) is 0.375. The maximum atomic E-state index is 14.2. The van der Waals surface area contributed by atoms with Crippen molar-refractivity contribution in [1.29, 1.82) is 0 Å². The summed E-state index contributed by atoms with van der Waals surface area (Å²) >= 11 is 0. The van der Waals surface area contributed by atoms with Crippen molar-refractivity contribution in [3.05, 3.63) is 89.5 Å². The molecule has 0 heterocycles. The van der Waals surface area contributed by atoms with Gasteiger partial charge < -0.3 is 15.0 Å². The largest absolute Gasteiger partial charge is 0.497 e. The van der Waals surface area contributed by atoms with Gasteiger partial charge in [0.1, 0.15) is 18.3 Å². The molecule has 9 heteroatoms. The predicted molar refractivity (Wildman–Crippen MR) is 162 cm³/mol. The molecule has 1 atom stereocenters. The molecule has 0 aromatic heterocycles. The van der Waals surface area contributed by atoms with E-state index >= 15 is 0 Å². The Bertz CT molecular complexity index is 1450. The first kappa shape index (κ1) is 31.7. The lowest BCUT2D eigenvalue weighted by Gasteiger charge is -2.35. The van der Waals surface area contributed by atoms with E-state index in [1.165, 1.54) is 17.0 Å². The number of hydrogen-bond acceptors (Lipinski definition) is 5. The molecule has 1 N–H and O–H groups in total. The summed E-state index contributed by atoms with van der Waals surface area (Å²) in [4.78, 5) is 29.2. The molecular weight excluding hydrogens is 538 g/mol. The first-order valence-electron chi connectivity index (χ1n) is 13.7. The fourth-order valence-corrected chi connectivity index (χ4v) is 6.01. The maximum Gasteiger partial charge on any atom is 0.264 e. The number of ether oxygens (including phenoxy) is 1. The van der Waals surface area contributed by atoms with Crippen LogP contribution in [0.15, 0.2) is 77.7 Å². The Morgan fingerprint density at radius 3 is 2.15 bits per heavy atom. The third-order valence-electron chi connectivity index (χ3n) is 6.64. The standard InChI is InChI=1S/C32H41N3O5S/c1-8-28(31(37)33-32(4,5)6)34(21-25-16-18-26(40-7)19-17-25)30(36)22-35(29-20-23(2)14-15-24(29)3)41(38,39)27-12-10-9-11-13-27/h9-20,28H,8,21-22H2,1-7H3,(H,33,37)/t28-/m0/s1. The predicted octanol–water partition coefficient (Wildman–Crippen LogP) is 5.23. The fourth-order valence-electron chi connectivity index (χ4n) is 4.52. The normalized spacial score (nSPS) is 12.4. The van der Waals surface area contributed by atoms with Gasteiger partial charge in [-0.2, -0.15) is 0 Å². The molecule has 0 fully saturated rings. The van der Waals surface area contributed by atoms with E-state index in [4.69, 9.17) is 4.74 Å². The zero-order chi connectivity index (χ0) is 30.4. The van der Waals surface area contributed by atoms with Crippen molar-refractivity contribution in [2.24, 2.45) is 0 Å². The van der Waals surface area contributed by atoms with Crippen molar-refractivity contribution in [3.8, 4) is 5.75 Å². The molecule has 0 radical (unpaired) electrons. The molecule has 2 amide bonds. The van der Waals surface area contributed by atoms with Gasteiger partial charge in [0.25, 0.3) is 10.0 Å². The topological polar surface area (TPSA) is 96.0 Å². The molecule has 8 nitrogen and oxygen atoms in total. The second-order valence-electron chi connectivity index (χ2n) is 11.1. The lowest BCUT2D eigenvalue weighted by molar-refractivity contribution is -0.141. The number of hydrogen-bond donors (Lipinski definition) is 1. The summed E-state index contributed by atoms with van der Waals surface area (Å²) in [6.07, 6.45) is 0.346. The van der Waals surface area contributed by atoms with E-state index in [2.05, 4.69) is 5.32 Å². The Hall–Kier alpha value is -3.85. The second kappa shape index (κ2) is 13.2. The maximum absolute atomic E-state index is 14.2. The van der Waals surface area contributed by atoms with Crippen molar-refractivity contribution in [2.45, 2.75) is 71.0 Å². The number of methoxy groups -OCH3 is 1. The highest BCUT2D eigenvalue weighted by Crippen LogP contribution is 2.29. The Kier molecular flexibility index (Phi) is 10.2. The van der Waals surface area contributed by atoms with Crippen molar-refractivity contribution in [3.63, 3.8) is 0 Å². The molecule has 3 aromatic rings. The smallest absolute Gasteiger partial charge is 0.264 e. The van der Waals surface area contributed by atoms with E-state index in [1.807, 2.05) is 65.8 Å². The molecule has 0 spiro atoms. The van der Waals surface area contributed by atoms with Crippen LogP contribution in [0.3, 0.4) is 0 Å². The van der Waals surface area contributed by atoms with Crippen molar-refractivity contribution >= 4 is 27.5 Å². The summed E-state index contributed by atoms with van der Waals surface area (Å²) in [7, 11) is -2.54. The van der Waals surface area contributed by atoms with Gasteiger partial charge in [0.2, 0.25) is 11.8 Å². The number of rotatable bonds is 11. The molecule has 0 saturated carbocycles. The number of aryl methyl sites for hydroxylation is 2. The first-order chi connectivity index (χ1) is 19.3. The SMILES string of the molecule is CC[C@@H](C(=O)NC(C)(C)C)N(Cc1ccc(OC)cc1)C(=O)CN(c1cc(C)ccc1C)S(=O)(=O)c1ccccc1. The van der Waals surface area contributed by atoms with Crippen molar-refractivity contribution in [1.82, 2.24) is 10.2 Å². The van der Waals surface area contributed by atoms with E-state index in [-0.39, 0.29) is 17.3 Å². The molecule has 3 aromatic carbocycles. The molecule has 0 bridgehead atoms. The van der Waals surface area contributed by atoms with Gasteiger partial charge >= 0.3 is 0 Å². The number of sulfonamides is 1. The number of nitrogens with one attached hydrogen (secondary N) is 1. The Labute approximate surface area is 244 Å². The van der Waals surface area contributed by atoms with Gasteiger partial charge in [0, 0.05) is 12.1 Å². The summed E-state index contributed by atoms with van der Waals surface area (Å²) < 4.78 is 34.4. The van der Waals surface area contributed by atoms with Crippen LogP contribution >= 0.6 is 0 Å². The minimum atomic E-state index is -4.12. The van der Waals surface area contributed by atoms with E-state index in [0.29, 0.717) is 23.4 Å². The Morgan fingerprint density at radius 2 is 1.59 bits per heavy atom. The first-order valence-corrected chi connectivity index (χ1v) is 15.1. The molecule has 0 saturated heterocycles. The second-order valence-corrected chi connectivity index (χ2v) is 13.0. The van der Waals surface area contributed by atoms with Crippen LogP contribution in [0.4, 0.5) is 5.69 Å². The van der Waals surface area contributed by atoms with Crippen LogP contribution in [0.2, 0.25) is 0 Å². The number of nitrogens with zero attached hydrogens (tertiary/aromatic N) is 2. The summed E-state index contributed by atoms with van der Waals surface area (Å²) in [5, 5.41) is 2.98.